The molecule has 0 aliphatic carbocycles. The van der Waals surface area contributed by atoms with E-state index in [-0.39, 0.29) is 24.3 Å². The molecule has 0 aliphatic rings. The summed E-state index contributed by atoms with van der Waals surface area (Å²) < 4.78 is 7.30. The van der Waals surface area contributed by atoms with E-state index in [0.29, 0.717) is 35.8 Å². The van der Waals surface area contributed by atoms with Crippen molar-refractivity contribution in [3.05, 3.63) is 75.8 Å². The third-order valence-electron chi connectivity index (χ3n) is 5.00. The molecule has 4 aromatic rings. The molecule has 0 bridgehead atoms. The Bertz CT molecular complexity index is 1340. The van der Waals surface area contributed by atoms with Gasteiger partial charge in [-0.2, -0.15) is 10.2 Å². The number of aliphatic hydroxyl groups is 1. The van der Waals surface area contributed by atoms with Gasteiger partial charge in [-0.25, -0.2) is 4.98 Å². The van der Waals surface area contributed by atoms with Crippen LogP contribution in [0.2, 0.25) is 0 Å². The van der Waals surface area contributed by atoms with Crippen LogP contribution in [0.15, 0.2) is 53.3 Å². The van der Waals surface area contributed by atoms with E-state index in [2.05, 4.69) is 9.97 Å². The van der Waals surface area contributed by atoms with Crippen LogP contribution in [-0.4, -0.2) is 32.9 Å². The van der Waals surface area contributed by atoms with Crippen LogP contribution in [0.25, 0.3) is 21.8 Å². The number of rotatable bonds is 6. The van der Waals surface area contributed by atoms with E-state index < -0.39 is 0 Å². The molecule has 7 nitrogen and oxygen atoms in total. The second kappa shape index (κ2) is 8.31. The Labute approximate surface area is 172 Å². The lowest BCUT2D eigenvalue weighted by Gasteiger charge is -2.14. The van der Waals surface area contributed by atoms with E-state index in [1.54, 1.807) is 6.92 Å². The highest BCUT2D eigenvalue weighted by Gasteiger charge is 2.16. The summed E-state index contributed by atoms with van der Waals surface area (Å²) in [7, 11) is 0. The van der Waals surface area contributed by atoms with Gasteiger partial charge in [-0.1, -0.05) is 30.3 Å². The van der Waals surface area contributed by atoms with Gasteiger partial charge in [-0.15, -0.1) is 0 Å². The molecule has 0 aliphatic heterocycles. The molecular weight excluding hydrogens is 380 g/mol. The van der Waals surface area contributed by atoms with E-state index in [0.717, 1.165) is 16.3 Å². The third kappa shape index (κ3) is 3.49. The van der Waals surface area contributed by atoms with Crippen molar-refractivity contribution in [2.24, 2.45) is 0 Å². The highest BCUT2D eigenvalue weighted by atomic mass is 16.5. The van der Waals surface area contributed by atoms with Crippen molar-refractivity contribution in [2.75, 3.05) is 13.2 Å². The van der Waals surface area contributed by atoms with Crippen molar-refractivity contribution in [1.82, 2.24) is 14.5 Å². The molecule has 0 fully saturated rings. The smallest absolute Gasteiger partial charge is 0.269 e. The van der Waals surface area contributed by atoms with E-state index in [9.17, 15) is 10.1 Å². The first kappa shape index (κ1) is 19.6. The SMILES string of the molecule is Cc1c(C#N)c(=O)n(Cc2nc(OCCCO)c3ccccc3n2)c2ccccc12. The molecule has 0 saturated carbocycles. The monoisotopic (exact) mass is 400 g/mol. The van der Waals surface area contributed by atoms with Crippen LogP contribution in [0.1, 0.15) is 23.4 Å². The summed E-state index contributed by atoms with van der Waals surface area (Å²) in [5.41, 5.74) is 1.84. The van der Waals surface area contributed by atoms with Crippen molar-refractivity contribution < 1.29 is 9.84 Å². The molecule has 2 aromatic carbocycles. The van der Waals surface area contributed by atoms with Crippen LogP contribution in [0.3, 0.4) is 0 Å². The quantitative estimate of drug-likeness (QED) is 0.500. The normalized spacial score (nSPS) is 11.0. The molecule has 2 heterocycles. The lowest BCUT2D eigenvalue weighted by molar-refractivity contribution is 0.230. The highest BCUT2D eigenvalue weighted by Crippen LogP contribution is 2.24. The zero-order valence-electron chi connectivity index (χ0n) is 16.5. The first-order valence-electron chi connectivity index (χ1n) is 9.65. The topological polar surface area (TPSA) is 101 Å². The zero-order chi connectivity index (χ0) is 21.1. The number of aliphatic hydroxyl groups excluding tert-OH is 1. The average Bonchev–Trinajstić information content (AvgIpc) is 2.77. The predicted octanol–water partition coefficient (Wildman–Crippen LogP) is 2.93. The number of benzene rings is 2. The van der Waals surface area contributed by atoms with Crippen LogP contribution in [0.4, 0.5) is 0 Å². The van der Waals surface area contributed by atoms with Crippen LogP contribution in [0.5, 0.6) is 5.88 Å². The summed E-state index contributed by atoms with van der Waals surface area (Å²) in [5, 5.41) is 20.2. The first-order chi connectivity index (χ1) is 14.6. The fourth-order valence-electron chi connectivity index (χ4n) is 3.50. The number of aryl methyl sites for hydroxylation is 1. The largest absolute Gasteiger partial charge is 0.477 e. The number of nitrogens with zero attached hydrogens (tertiary/aromatic N) is 4. The standard InChI is InChI=1S/C23H20N4O3/c1-15-16-7-3-5-10-20(16)27(23(29)18(15)13-24)14-21-25-19-9-4-2-8-17(19)22(26-21)30-12-6-11-28/h2-5,7-10,28H,6,11-12,14H2,1H3. The summed E-state index contributed by atoms with van der Waals surface area (Å²) >= 11 is 0. The maximum atomic E-state index is 13.0. The van der Waals surface area contributed by atoms with Gasteiger partial charge in [0.1, 0.15) is 11.6 Å². The summed E-state index contributed by atoms with van der Waals surface area (Å²) in [6.45, 7) is 2.24. The highest BCUT2D eigenvalue weighted by molar-refractivity contribution is 5.85. The van der Waals surface area contributed by atoms with Crippen LogP contribution >= 0.6 is 0 Å². The molecular formula is C23H20N4O3. The molecule has 1 N–H and O–H groups in total. The second-order valence-electron chi connectivity index (χ2n) is 6.91. The van der Waals surface area contributed by atoms with E-state index in [1.165, 1.54) is 4.57 Å². The molecule has 30 heavy (non-hydrogen) atoms. The van der Waals surface area contributed by atoms with Gasteiger partial charge in [0.2, 0.25) is 5.88 Å². The van der Waals surface area contributed by atoms with Gasteiger partial charge in [0.05, 0.1) is 29.6 Å². The van der Waals surface area contributed by atoms with E-state index >= 15 is 0 Å². The number of nitriles is 1. The van der Waals surface area contributed by atoms with Gasteiger partial charge < -0.3 is 9.84 Å². The Morgan fingerprint density at radius 3 is 2.60 bits per heavy atom. The Kier molecular flexibility index (Phi) is 5.42. The van der Waals surface area contributed by atoms with Gasteiger partial charge in [0.15, 0.2) is 5.82 Å². The van der Waals surface area contributed by atoms with Crippen LogP contribution in [-0.2, 0) is 6.54 Å². The maximum absolute atomic E-state index is 13.0. The fourth-order valence-corrected chi connectivity index (χ4v) is 3.50. The van der Waals surface area contributed by atoms with Crippen molar-refractivity contribution in [1.29, 1.82) is 5.26 Å². The Balaban J connectivity index is 1.86. The third-order valence-corrected chi connectivity index (χ3v) is 5.00. The molecule has 4 rings (SSSR count). The second-order valence-corrected chi connectivity index (χ2v) is 6.91. The lowest BCUT2D eigenvalue weighted by atomic mass is 10.0. The van der Waals surface area contributed by atoms with Gasteiger partial charge in [0.25, 0.3) is 5.56 Å². The Morgan fingerprint density at radius 2 is 1.83 bits per heavy atom. The van der Waals surface area contributed by atoms with Crippen molar-refractivity contribution in [3.8, 4) is 11.9 Å². The minimum Gasteiger partial charge on any atom is -0.477 e. The minimum absolute atomic E-state index is 0.0254. The van der Waals surface area contributed by atoms with Crippen molar-refractivity contribution >= 4 is 21.8 Å². The van der Waals surface area contributed by atoms with Crippen molar-refractivity contribution in [3.63, 3.8) is 0 Å². The molecule has 0 atom stereocenters. The summed E-state index contributed by atoms with van der Waals surface area (Å²) in [6.07, 6.45) is 0.487. The van der Waals surface area contributed by atoms with Gasteiger partial charge >= 0.3 is 0 Å². The van der Waals surface area contributed by atoms with Crippen molar-refractivity contribution in [2.45, 2.75) is 19.9 Å². The molecule has 2 aromatic heterocycles. The van der Waals surface area contributed by atoms with Gasteiger partial charge in [0, 0.05) is 18.4 Å². The molecule has 7 heteroatoms. The molecule has 0 radical (unpaired) electrons. The zero-order valence-corrected chi connectivity index (χ0v) is 16.5. The lowest BCUT2D eigenvalue weighted by Crippen LogP contribution is -2.25. The number of para-hydroxylation sites is 2. The number of hydrogen-bond acceptors (Lipinski definition) is 6. The number of fused-ring (bicyclic) bond motifs is 2. The molecule has 0 spiro atoms. The molecule has 0 unspecified atom stereocenters. The van der Waals surface area contributed by atoms with E-state index in [1.807, 2.05) is 54.6 Å². The fraction of sp³-hybridized carbons (Fsp3) is 0.217. The number of hydrogen-bond donors (Lipinski definition) is 1. The van der Waals surface area contributed by atoms with Gasteiger partial charge in [-0.05, 0) is 30.7 Å². The number of ether oxygens (including phenoxy) is 1. The predicted molar refractivity (Wildman–Crippen MR) is 113 cm³/mol. The van der Waals surface area contributed by atoms with E-state index in [4.69, 9.17) is 9.84 Å². The Morgan fingerprint density at radius 1 is 1.10 bits per heavy atom. The summed E-state index contributed by atoms with van der Waals surface area (Å²) in [5.74, 6) is 0.821. The van der Waals surface area contributed by atoms with Crippen LogP contribution in [0, 0.1) is 18.3 Å². The maximum Gasteiger partial charge on any atom is 0.269 e. The molecule has 150 valence electrons. The molecule has 0 amide bonds. The number of pyridine rings is 1. The summed E-state index contributed by atoms with van der Waals surface area (Å²) in [4.78, 5) is 22.2. The minimum atomic E-state index is -0.367. The molecule has 0 saturated heterocycles. The summed E-state index contributed by atoms with van der Waals surface area (Å²) in [6, 6.07) is 17.0. The van der Waals surface area contributed by atoms with Gasteiger partial charge in [-0.3, -0.25) is 9.36 Å². The Hall–Kier alpha value is -3.76. The van der Waals surface area contributed by atoms with Crippen LogP contribution < -0.4 is 10.3 Å². The number of aromatic nitrogens is 3. The first-order valence-corrected chi connectivity index (χ1v) is 9.65. The average molecular weight is 400 g/mol.